The molecule has 0 aromatic heterocycles. The van der Waals surface area contributed by atoms with Gasteiger partial charge in [0.2, 0.25) is 5.91 Å². The predicted molar refractivity (Wildman–Crippen MR) is 80.4 cm³/mol. The second-order valence-corrected chi connectivity index (χ2v) is 7.86. The number of morpholine rings is 1. The molecule has 0 radical (unpaired) electrons. The third-order valence-electron chi connectivity index (χ3n) is 4.58. The van der Waals surface area contributed by atoms with Crippen molar-refractivity contribution in [3.05, 3.63) is 0 Å². The summed E-state index contributed by atoms with van der Waals surface area (Å²) in [5.74, 6) is 0.218. The average molecular weight is 332 g/mol. The molecule has 22 heavy (non-hydrogen) atoms. The van der Waals surface area contributed by atoms with E-state index >= 15 is 0 Å². The van der Waals surface area contributed by atoms with Crippen LogP contribution in [0.15, 0.2) is 0 Å². The van der Waals surface area contributed by atoms with E-state index in [0.717, 1.165) is 19.5 Å². The molecule has 3 heterocycles. The van der Waals surface area contributed by atoms with E-state index in [1.165, 1.54) is 8.61 Å². The third kappa shape index (κ3) is 3.28. The largest absolute Gasteiger partial charge is 0.379 e. The molecule has 1 amide bonds. The Morgan fingerprint density at radius 1 is 1.00 bits per heavy atom. The molecular formula is C13H24N4O4S. The Kier molecular flexibility index (Phi) is 4.98. The van der Waals surface area contributed by atoms with Crippen molar-refractivity contribution in [3.8, 4) is 0 Å². The number of rotatable bonds is 3. The number of amides is 1. The molecule has 1 N–H and O–H groups in total. The van der Waals surface area contributed by atoms with Gasteiger partial charge in [-0.15, -0.1) is 0 Å². The molecule has 0 spiro atoms. The number of carbonyl (C=O) groups is 1. The molecule has 126 valence electrons. The van der Waals surface area contributed by atoms with Crippen LogP contribution in [0.2, 0.25) is 0 Å². The van der Waals surface area contributed by atoms with Crippen molar-refractivity contribution in [2.75, 3.05) is 65.6 Å². The molecule has 8 nitrogen and oxygen atoms in total. The highest BCUT2D eigenvalue weighted by Crippen LogP contribution is 2.17. The van der Waals surface area contributed by atoms with Gasteiger partial charge in [-0.1, -0.05) is 0 Å². The first kappa shape index (κ1) is 16.1. The summed E-state index contributed by atoms with van der Waals surface area (Å²) in [7, 11) is -3.42. The van der Waals surface area contributed by atoms with Gasteiger partial charge in [0.1, 0.15) is 0 Å². The predicted octanol–water partition coefficient (Wildman–Crippen LogP) is -1.68. The molecule has 3 rings (SSSR count). The quantitative estimate of drug-likeness (QED) is 0.667. The number of piperazine rings is 1. The summed E-state index contributed by atoms with van der Waals surface area (Å²) in [6.45, 7) is 5.09. The number of carbonyl (C=O) groups excluding carboxylic acids is 1. The molecule has 0 bridgehead atoms. The van der Waals surface area contributed by atoms with Gasteiger partial charge < -0.3 is 15.0 Å². The van der Waals surface area contributed by atoms with Crippen molar-refractivity contribution in [2.24, 2.45) is 5.92 Å². The highest BCUT2D eigenvalue weighted by molar-refractivity contribution is 7.86. The highest BCUT2D eigenvalue weighted by Gasteiger charge is 2.35. The average Bonchev–Trinajstić information content (AvgIpc) is 3.09. The monoisotopic (exact) mass is 332 g/mol. The van der Waals surface area contributed by atoms with E-state index in [-0.39, 0.29) is 11.8 Å². The number of nitrogens with one attached hydrogen (secondary N) is 1. The van der Waals surface area contributed by atoms with Gasteiger partial charge in [0, 0.05) is 45.8 Å². The van der Waals surface area contributed by atoms with Crippen molar-refractivity contribution in [3.63, 3.8) is 0 Å². The Balaban J connectivity index is 1.55. The van der Waals surface area contributed by atoms with Gasteiger partial charge >= 0.3 is 0 Å². The zero-order valence-corrected chi connectivity index (χ0v) is 13.6. The molecule has 1 atom stereocenters. The topological polar surface area (TPSA) is 82.2 Å². The molecule has 0 saturated carbocycles. The van der Waals surface area contributed by atoms with E-state index in [4.69, 9.17) is 4.74 Å². The standard InChI is InChI=1S/C13H24N4O4S/c18-13(12-1-2-14-11-12)15-3-5-16(6-4-15)22(19,20)17-7-9-21-10-8-17/h12,14H,1-11H2. The van der Waals surface area contributed by atoms with Crippen molar-refractivity contribution in [1.82, 2.24) is 18.8 Å². The smallest absolute Gasteiger partial charge is 0.282 e. The summed E-state index contributed by atoms with van der Waals surface area (Å²) >= 11 is 0. The van der Waals surface area contributed by atoms with E-state index in [1.54, 1.807) is 0 Å². The first-order chi connectivity index (χ1) is 10.6. The summed E-state index contributed by atoms with van der Waals surface area (Å²) in [5, 5.41) is 3.20. The fourth-order valence-electron chi connectivity index (χ4n) is 3.20. The molecule has 3 fully saturated rings. The minimum Gasteiger partial charge on any atom is -0.379 e. The van der Waals surface area contributed by atoms with Gasteiger partial charge in [0.15, 0.2) is 0 Å². The normalized spacial score (nSPS) is 28.9. The molecule has 0 aromatic carbocycles. The maximum atomic E-state index is 12.6. The van der Waals surface area contributed by atoms with Crippen molar-refractivity contribution in [2.45, 2.75) is 6.42 Å². The second kappa shape index (κ2) is 6.79. The van der Waals surface area contributed by atoms with Crippen LogP contribution >= 0.6 is 0 Å². The number of hydrogen-bond acceptors (Lipinski definition) is 5. The van der Waals surface area contributed by atoms with Crippen LogP contribution in [0.1, 0.15) is 6.42 Å². The Bertz CT molecular complexity index is 492. The number of nitrogens with zero attached hydrogens (tertiary/aromatic N) is 3. The number of ether oxygens (including phenoxy) is 1. The lowest BCUT2D eigenvalue weighted by Crippen LogP contribution is -2.56. The molecular weight excluding hydrogens is 308 g/mol. The fraction of sp³-hybridized carbons (Fsp3) is 0.923. The van der Waals surface area contributed by atoms with Gasteiger partial charge in [-0.25, -0.2) is 0 Å². The second-order valence-electron chi connectivity index (χ2n) is 5.93. The maximum absolute atomic E-state index is 12.6. The Morgan fingerprint density at radius 2 is 1.64 bits per heavy atom. The molecule has 0 aromatic rings. The van der Waals surface area contributed by atoms with Gasteiger partial charge in [0.05, 0.1) is 19.1 Å². The minimum absolute atomic E-state index is 0.0578. The van der Waals surface area contributed by atoms with Crippen molar-refractivity contribution >= 4 is 16.1 Å². The van der Waals surface area contributed by atoms with Crippen LogP contribution in [0.5, 0.6) is 0 Å². The van der Waals surface area contributed by atoms with Crippen molar-refractivity contribution in [1.29, 1.82) is 0 Å². The lowest BCUT2D eigenvalue weighted by molar-refractivity contribution is -0.136. The molecule has 0 aliphatic carbocycles. The van der Waals surface area contributed by atoms with Crippen LogP contribution in [0.4, 0.5) is 0 Å². The summed E-state index contributed by atoms with van der Waals surface area (Å²) < 4.78 is 33.3. The summed E-state index contributed by atoms with van der Waals surface area (Å²) in [4.78, 5) is 14.2. The van der Waals surface area contributed by atoms with E-state index < -0.39 is 10.2 Å². The zero-order valence-electron chi connectivity index (χ0n) is 12.7. The Labute approximate surface area is 131 Å². The molecule has 3 aliphatic heterocycles. The van der Waals surface area contributed by atoms with Crippen LogP contribution in [-0.2, 0) is 19.7 Å². The molecule has 3 saturated heterocycles. The summed E-state index contributed by atoms with van der Waals surface area (Å²) in [6.07, 6.45) is 0.880. The van der Waals surface area contributed by atoms with E-state index in [2.05, 4.69) is 5.32 Å². The first-order valence-electron chi connectivity index (χ1n) is 7.91. The van der Waals surface area contributed by atoms with Crippen LogP contribution in [0.3, 0.4) is 0 Å². The Hall–Kier alpha value is -0.740. The van der Waals surface area contributed by atoms with Gasteiger partial charge in [-0.2, -0.15) is 17.0 Å². The number of hydrogen-bond donors (Lipinski definition) is 1. The third-order valence-corrected chi connectivity index (χ3v) is 6.62. The SMILES string of the molecule is O=C(C1CCNC1)N1CCN(S(=O)(=O)N2CCOCC2)CC1. The minimum atomic E-state index is -3.42. The van der Waals surface area contributed by atoms with Gasteiger partial charge in [-0.3, -0.25) is 4.79 Å². The van der Waals surface area contributed by atoms with Crippen molar-refractivity contribution < 1.29 is 17.9 Å². The van der Waals surface area contributed by atoms with E-state index in [1.807, 2.05) is 4.90 Å². The van der Waals surface area contributed by atoms with Gasteiger partial charge in [-0.05, 0) is 13.0 Å². The lowest BCUT2D eigenvalue weighted by atomic mass is 10.1. The van der Waals surface area contributed by atoms with Crippen LogP contribution < -0.4 is 5.32 Å². The van der Waals surface area contributed by atoms with Crippen LogP contribution in [0.25, 0.3) is 0 Å². The Morgan fingerprint density at radius 3 is 2.23 bits per heavy atom. The highest BCUT2D eigenvalue weighted by atomic mass is 32.2. The van der Waals surface area contributed by atoms with Crippen LogP contribution in [-0.4, -0.2) is 93.4 Å². The zero-order chi connectivity index (χ0) is 15.6. The maximum Gasteiger partial charge on any atom is 0.282 e. The van der Waals surface area contributed by atoms with Gasteiger partial charge in [0.25, 0.3) is 10.2 Å². The summed E-state index contributed by atoms with van der Waals surface area (Å²) in [6, 6.07) is 0. The fourth-order valence-corrected chi connectivity index (χ4v) is 4.77. The first-order valence-corrected chi connectivity index (χ1v) is 9.31. The summed E-state index contributed by atoms with van der Waals surface area (Å²) in [5.41, 5.74) is 0. The van der Waals surface area contributed by atoms with E-state index in [9.17, 15) is 13.2 Å². The molecule has 3 aliphatic rings. The van der Waals surface area contributed by atoms with Crippen LogP contribution in [0, 0.1) is 5.92 Å². The lowest BCUT2D eigenvalue weighted by Gasteiger charge is -2.38. The molecule has 9 heteroatoms. The van der Waals surface area contributed by atoms with E-state index in [0.29, 0.717) is 52.5 Å². The molecule has 1 unspecified atom stereocenters.